The minimum absolute atomic E-state index is 0.218. The van der Waals surface area contributed by atoms with E-state index >= 15 is 0 Å². The molecule has 0 unspecified atom stereocenters. The van der Waals surface area contributed by atoms with Gasteiger partial charge in [-0.05, 0) is 25.0 Å². The monoisotopic (exact) mass is 290 g/mol. The summed E-state index contributed by atoms with van der Waals surface area (Å²) < 4.78 is 0. The zero-order chi connectivity index (χ0) is 15.3. The van der Waals surface area contributed by atoms with Crippen molar-refractivity contribution in [3.05, 3.63) is 24.4 Å². The largest absolute Gasteiger partial charge is 0.353 e. The number of anilines is 1. The van der Waals surface area contributed by atoms with Gasteiger partial charge in [0.05, 0.1) is 5.41 Å². The molecule has 1 aliphatic rings. The number of hydrogen-bond acceptors (Lipinski definition) is 4. The van der Waals surface area contributed by atoms with E-state index in [4.69, 9.17) is 5.73 Å². The third-order valence-electron chi connectivity index (χ3n) is 4.74. The molecule has 1 amide bonds. The molecule has 0 spiro atoms. The number of pyridine rings is 1. The Bertz CT molecular complexity index is 442. The topological polar surface area (TPSA) is 62.5 Å². The maximum atomic E-state index is 12.8. The Labute approximate surface area is 127 Å². The maximum absolute atomic E-state index is 12.8. The molecule has 2 N–H and O–H groups in total. The van der Waals surface area contributed by atoms with Gasteiger partial charge in [0.25, 0.3) is 0 Å². The highest BCUT2D eigenvalue weighted by molar-refractivity contribution is 5.83. The number of rotatable bonds is 5. The first kappa shape index (κ1) is 15.8. The molecule has 1 aromatic heterocycles. The van der Waals surface area contributed by atoms with Crippen molar-refractivity contribution in [1.29, 1.82) is 0 Å². The number of carbonyl (C=O) groups is 1. The highest BCUT2D eigenvalue weighted by Crippen LogP contribution is 2.28. The number of aromatic nitrogens is 1. The lowest BCUT2D eigenvalue weighted by atomic mass is 9.81. The molecule has 1 aliphatic heterocycles. The van der Waals surface area contributed by atoms with Gasteiger partial charge in [-0.2, -0.15) is 0 Å². The molecule has 0 radical (unpaired) electrons. The molecule has 116 valence electrons. The first-order valence-electron chi connectivity index (χ1n) is 7.82. The average Bonchev–Trinajstić information content (AvgIpc) is 2.58. The first-order valence-corrected chi connectivity index (χ1v) is 7.82. The molecular formula is C16H26N4O. The van der Waals surface area contributed by atoms with Gasteiger partial charge in [-0.15, -0.1) is 0 Å². The summed E-state index contributed by atoms with van der Waals surface area (Å²) in [6.45, 7) is 7.69. The van der Waals surface area contributed by atoms with Crippen molar-refractivity contribution in [3.63, 3.8) is 0 Å². The van der Waals surface area contributed by atoms with Crippen LogP contribution in [0.15, 0.2) is 24.4 Å². The van der Waals surface area contributed by atoms with E-state index in [0.29, 0.717) is 6.54 Å². The van der Waals surface area contributed by atoms with Crippen LogP contribution in [0.2, 0.25) is 0 Å². The van der Waals surface area contributed by atoms with E-state index in [2.05, 4.69) is 23.7 Å². The fourth-order valence-corrected chi connectivity index (χ4v) is 2.94. The lowest BCUT2D eigenvalue weighted by molar-refractivity contribution is -0.142. The molecule has 0 aromatic carbocycles. The first-order chi connectivity index (χ1) is 10.2. The van der Waals surface area contributed by atoms with Gasteiger partial charge in [0.2, 0.25) is 5.91 Å². The molecule has 1 fully saturated rings. The lowest BCUT2D eigenvalue weighted by Gasteiger charge is -2.40. The van der Waals surface area contributed by atoms with Crippen molar-refractivity contribution >= 4 is 11.7 Å². The van der Waals surface area contributed by atoms with Crippen molar-refractivity contribution < 1.29 is 4.79 Å². The second-order valence-electron chi connectivity index (χ2n) is 5.66. The minimum atomic E-state index is -0.382. The van der Waals surface area contributed by atoms with Gasteiger partial charge in [0.15, 0.2) is 0 Å². The fourth-order valence-electron chi connectivity index (χ4n) is 2.94. The van der Waals surface area contributed by atoms with E-state index in [1.807, 2.05) is 23.1 Å². The van der Waals surface area contributed by atoms with Crippen molar-refractivity contribution in [3.8, 4) is 0 Å². The van der Waals surface area contributed by atoms with Crippen LogP contribution in [0.4, 0.5) is 5.82 Å². The van der Waals surface area contributed by atoms with Gasteiger partial charge in [-0.3, -0.25) is 4.79 Å². The Morgan fingerprint density at radius 1 is 1.24 bits per heavy atom. The molecule has 5 nitrogen and oxygen atoms in total. The van der Waals surface area contributed by atoms with Gasteiger partial charge < -0.3 is 15.5 Å². The van der Waals surface area contributed by atoms with E-state index in [1.54, 1.807) is 6.20 Å². The van der Waals surface area contributed by atoms with Crippen LogP contribution in [0.3, 0.4) is 0 Å². The van der Waals surface area contributed by atoms with Gasteiger partial charge in [0.1, 0.15) is 5.82 Å². The number of carbonyl (C=O) groups excluding carboxylic acids is 1. The summed E-state index contributed by atoms with van der Waals surface area (Å²) >= 11 is 0. The van der Waals surface area contributed by atoms with Crippen LogP contribution in [-0.4, -0.2) is 48.5 Å². The summed E-state index contributed by atoms with van der Waals surface area (Å²) in [6.07, 6.45) is 3.42. The van der Waals surface area contributed by atoms with Crippen LogP contribution < -0.4 is 10.6 Å². The van der Waals surface area contributed by atoms with E-state index in [1.165, 1.54) is 0 Å². The molecular weight excluding hydrogens is 264 g/mol. The SMILES string of the molecule is CCC(CC)(CN)C(=O)N1CCN(c2ccccn2)CC1. The van der Waals surface area contributed by atoms with E-state index in [0.717, 1.165) is 44.8 Å². The molecule has 0 bridgehead atoms. The molecule has 0 saturated carbocycles. The Morgan fingerprint density at radius 3 is 2.38 bits per heavy atom. The summed E-state index contributed by atoms with van der Waals surface area (Å²) in [5, 5.41) is 0. The van der Waals surface area contributed by atoms with Gasteiger partial charge in [0, 0.05) is 38.9 Å². The lowest BCUT2D eigenvalue weighted by Crippen LogP contribution is -2.55. The minimum Gasteiger partial charge on any atom is -0.353 e. The second kappa shape index (κ2) is 6.89. The molecule has 0 aliphatic carbocycles. The highest BCUT2D eigenvalue weighted by Gasteiger charge is 2.37. The predicted octanol–water partition coefficient (Wildman–Crippen LogP) is 1.50. The standard InChI is InChI=1S/C16H26N4O/c1-3-16(4-2,13-17)15(21)20-11-9-19(10-12-20)14-7-5-6-8-18-14/h5-8H,3-4,9-13,17H2,1-2H3. The normalized spacial score (nSPS) is 16.1. The predicted molar refractivity (Wildman–Crippen MR) is 85.1 cm³/mol. The quantitative estimate of drug-likeness (QED) is 0.892. The third-order valence-corrected chi connectivity index (χ3v) is 4.74. The zero-order valence-corrected chi connectivity index (χ0v) is 13.1. The van der Waals surface area contributed by atoms with Crippen molar-refractivity contribution in [2.24, 2.45) is 11.1 Å². The summed E-state index contributed by atoms with van der Waals surface area (Å²) in [7, 11) is 0. The smallest absolute Gasteiger partial charge is 0.230 e. The number of amides is 1. The Morgan fingerprint density at radius 2 is 1.90 bits per heavy atom. The summed E-state index contributed by atoms with van der Waals surface area (Å²) in [5.41, 5.74) is 5.51. The summed E-state index contributed by atoms with van der Waals surface area (Å²) in [4.78, 5) is 21.3. The molecule has 1 saturated heterocycles. The number of nitrogens with two attached hydrogens (primary N) is 1. The maximum Gasteiger partial charge on any atom is 0.230 e. The number of nitrogens with zero attached hydrogens (tertiary/aromatic N) is 3. The fraction of sp³-hybridized carbons (Fsp3) is 0.625. The van der Waals surface area contributed by atoms with Crippen LogP contribution in [0, 0.1) is 5.41 Å². The third kappa shape index (κ3) is 3.18. The molecule has 1 aromatic rings. The van der Waals surface area contributed by atoms with E-state index in [-0.39, 0.29) is 11.3 Å². The summed E-state index contributed by atoms with van der Waals surface area (Å²) in [6, 6.07) is 5.93. The van der Waals surface area contributed by atoms with Gasteiger partial charge in [-0.25, -0.2) is 4.98 Å². The molecule has 2 heterocycles. The number of hydrogen-bond donors (Lipinski definition) is 1. The van der Waals surface area contributed by atoms with E-state index < -0.39 is 0 Å². The van der Waals surface area contributed by atoms with E-state index in [9.17, 15) is 4.79 Å². The van der Waals surface area contributed by atoms with Crippen molar-refractivity contribution in [2.45, 2.75) is 26.7 Å². The zero-order valence-electron chi connectivity index (χ0n) is 13.1. The Hall–Kier alpha value is -1.62. The molecule has 5 heteroatoms. The van der Waals surface area contributed by atoms with Crippen LogP contribution in [0.1, 0.15) is 26.7 Å². The molecule has 2 rings (SSSR count). The second-order valence-corrected chi connectivity index (χ2v) is 5.66. The van der Waals surface area contributed by atoms with Crippen LogP contribution in [0.25, 0.3) is 0 Å². The van der Waals surface area contributed by atoms with Gasteiger partial charge >= 0.3 is 0 Å². The summed E-state index contributed by atoms with van der Waals surface area (Å²) in [5.74, 6) is 1.20. The number of piperazine rings is 1. The van der Waals surface area contributed by atoms with Gasteiger partial charge in [-0.1, -0.05) is 19.9 Å². The van der Waals surface area contributed by atoms with Crippen LogP contribution >= 0.6 is 0 Å². The highest BCUT2D eigenvalue weighted by atomic mass is 16.2. The molecule has 0 atom stereocenters. The van der Waals surface area contributed by atoms with Crippen molar-refractivity contribution in [1.82, 2.24) is 9.88 Å². The van der Waals surface area contributed by atoms with Crippen molar-refractivity contribution in [2.75, 3.05) is 37.6 Å². The van der Waals surface area contributed by atoms with Crippen LogP contribution in [0.5, 0.6) is 0 Å². The molecule has 21 heavy (non-hydrogen) atoms. The Balaban J connectivity index is 1.99. The van der Waals surface area contributed by atoms with Crippen LogP contribution in [-0.2, 0) is 4.79 Å². The average molecular weight is 290 g/mol. The Kier molecular flexibility index (Phi) is 5.17.